The first-order chi connectivity index (χ1) is 16.7. The fraction of sp³-hybridized carbons (Fsp3) is 0.346. The number of morpholine rings is 1. The van der Waals surface area contributed by atoms with Crippen LogP contribution in [0.15, 0.2) is 48.8 Å². The minimum Gasteiger partial charge on any atom is -0.507 e. The average Bonchev–Trinajstić information content (AvgIpc) is 2.82. The number of aromatic nitrogens is 1. The highest BCUT2D eigenvalue weighted by Gasteiger charge is 2.35. The summed E-state index contributed by atoms with van der Waals surface area (Å²) in [6, 6.07) is 7.81. The zero-order chi connectivity index (χ0) is 24.7. The van der Waals surface area contributed by atoms with Gasteiger partial charge in [-0.2, -0.15) is 13.2 Å². The molecule has 1 aromatic heterocycles. The van der Waals surface area contributed by atoms with Gasteiger partial charge in [-0.3, -0.25) is 4.98 Å². The Morgan fingerprint density at radius 1 is 1.09 bits per heavy atom. The van der Waals surface area contributed by atoms with Gasteiger partial charge >= 0.3 is 6.18 Å². The van der Waals surface area contributed by atoms with E-state index in [0.29, 0.717) is 42.1 Å². The van der Waals surface area contributed by atoms with Crippen LogP contribution in [0.1, 0.15) is 17.5 Å². The van der Waals surface area contributed by atoms with Crippen molar-refractivity contribution in [2.75, 3.05) is 31.1 Å². The summed E-state index contributed by atoms with van der Waals surface area (Å²) in [4.78, 5) is 6.42. The highest BCUT2D eigenvalue weighted by molar-refractivity contribution is 5.92. The smallest absolute Gasteiger partial charge is 0.416 e. The van der Waals surface area contributed by atoms with E-state index in [9.17, 15) is 22.7 Å². The van der Waals surface area contributed by atoms with Crippen LogP contribution in [0.25, 0.3) is 22.3 Å². The molecule has 0 bridgehead atoms. The quantitative estimate of drug-likeness (QED) is 0.501. The number of piperidine rings is 1. The van der Waals surface area contributed by atoms with Gasteiger partial charge in [-0.05, 0) is 54.8 Å². The molecule has 2 aliphatic rings. The number of anilines is 1. The van der Waals surface area contributed by atoms with Gasteiger partial charge in [0.05, 0.1) is 24.0 Å². The van der Waals surface area contributed by atoms with Gasteiger partial charge < -0.3 is 20.1 Å². The molecule has 2 aliphatic heterocycles. The van der Waals surface area contributed by atoms with Crippen LogP contribution in [-0.4, -0.2) is 48.5 Å². The van der Waals surface area contributed by atoms with Crippen LogP contribution in [0.2, 0.25) is 0 Å². The molecule has 3 aromatic rings. The molecule has 2 N–H and O–H groups in total. The summed E-state index contributed by atoms with van der Waals surface area (Å²) in [5.74, 6) is -0.895. The summed E-state index contributed by atoms with van der Waals surface area (Å²) < 4.78 is 59.9. The first-order valence-corrected chi connectivity index (χ1v) is 11.5. The van der Waals surface area contributed by atoms with E-state index < -0.39 is 23.3 Å². The number of ether oxygens (including phenoxy) is 1. The van der Waals surface area contributed by atoms with E-state index in [1.807, 2.05) is 6.07 Å². The van der Waals surface area contributed by atoms with E-state index in [4.69, 9.17) is 4.74 Å². The summed E-state index contributed by atoms with van der Waals surface area (Å²) in [5, 5.41) is 14.1. The van der Waals surface area contributed by atoms with Crippen molar-refractivity contribution in [3.63, 3.8) is 0 Å². The minimum atomic E-state index is -4.58. The Morgan fingerprint density at radius 3 is 2.63 bits per heavy atom. The molecule has 2 saturated heterocycles. The third-order valence-electron chi connectivity index (χ3n) is 6.60. The lowest BCUT2D eigenvalue weighted by Gasteiger charge is -2.43. The van der Waals surface area contributed by atoms with Gasteiger partial charge in [0, 0.05) is 54.8 Å². The van der Waals surface area contributed by atoms with E-state index in [-0.39, 0.29) is 17.7 Å². The van der Waals surface area contributed by atoms with E-state index in [0.717, 1.165) is 30.7 Å². The van der Waals surface area contributed by atoms with E-state index in [1.165, 1.54) is 24.4 Å². The van der Waals surface area contributed by atoms with Gasteiger partial charge in [-0.1, -0.05) is 6.07 Å². The van der Waals surface area contributed by atoms with Crippen LogP contribution in [0, 0.1) is 12.7 Å². The molecule has 0 aliphatic carbocycles. The van der Waals surface area contributed by atoms with Crippen molar-refractivity contribution in [1.29, 1.82) is 0 Å². The number of fused-ring (bicyclic) bond motifs is 1. The highest BCUT2D eigenvalue weighted by Crippen LogP contribution is 2.44. The Hall–Kier alpha value is -3.17. The number of benzene rings is 2. The maximum absolute atomic E-state index is 14.3. The molecule has 0 saturated carbocycles. The third-order valence-corrected chi connectivity index (χ3v) is 6.60. The Labute approximate surface area is 200 Å². The van der Waals surface area contributed by atoms with Crippen molar-refractivity contribution in [1.82, 2.24) is 10.3 Å². The minimum absolute atomic E-state index is 0.0678. The van der Waals surface area contributed by atoms with Gasteiger partial charge in [0.15, 0.2) is 0 Å². The van der Waals surface area contributed by atoms with E-state index >= 15 is 0 Å². The number of pyridine rings is 1. The largest absolute Gasteiger partial charge is 0.507 e. The van der Waals surface area contributed by atoms with Crippen molar-refractivity contribution < 1.29 is 27.4 Å². The Morgan fingerprint density at radius 2 is 1.89 bits per heavy atom. The molecule has 0 amide bonds. The topological polar surface area (TPSA) is 57.6 Å². The third kappa shape index (κ3) is 4.70. The number of phenols is 1. The zero-order valence-electron chi connectivity index (χ0n) is 19.1. The van der Waals surface area contributed by atoms with E-state index in [2.05, 4.69) is 15.2 Å². The number of hydrogen-bond acceptors (Lipinski definition) is 5. The van der Waals surface area contributed by atoms with Crippen LogP contribution >= 0.6 is 0 Å². The lowest BCUT2D eigenvalue weighted by Crippen LogP contribution is -2.57. The van der Waals surface area contributed by atoms with Crippen LogP contribution < -0.4 is 10.2 Å². The van der Waals surface area contributed by atoms with Crippen LogP contribution in [-0.2, 0) is 10.9 Å². The number of nitrogens with zero attached hydrogens (tertiary/aromatic N) is 2. The number of halogens is 4. The molecule has 184 valence electrons. The Bertz CT molecular complexity index is 1230. The SMILES string of the molecule is Cc1cc(F)cc(-c2cncc(-c3ccc(C(F)(F)F)cc3O)c2N2CCC3NCCOC3C2)c1. The van der Waals surface area contributed by atoms with Gasteiger partial charge in [0.1, 0.15) is 11.6 Å². The normalized spacial score (nSPS) is 20.5. The number of alkyl halides is 3. The van der Waals surface area contributed by atoms with Gasteiger partial charge in [0.25, 0.3) is 0 Å². The van der Waals surface area contributed by atoms with Crippen LogP contribution in [0.5, 0.6) is 5.75 Å². The lowest BCUT2D eigenvalue weighted by molar-refractivity contribution is -0.137. The number of aromatic hydroxyl groups is 1. The number of phenolic OH excluding ortho intramolecular Hbond substituents is 1. The Kier molecular flexibility index (Phi) is 6.14. The molecule has 5 rings (SSSR count). The van der Waals surface area contributed by atoms with Crippen molar-refractivity contribution in [3.05, 3.63) is 65.7 Å². The molecule has 9 heteroatoms. The van der Waals surface area contributed by atoms with Crippen LogP contribution in [0.3, 0.4) is 0 Å². The number of aryl methyl sites for hydroxylation is 1. The Balaban J connectivity index is 1.66. The molecule has 0 radical (unpaired) electrons. The molecule has 2 unspecified atom stereocenters. The molecule has 35 heavy (non-hydrogen) atoms. The van der Waals surface area contributed by atoms with Gasteiger partial charge in [-0.15, -0.1) is 0 Å². The first kappa shape index (κ1) is 23.6. The molecular weight excluding hydrogens is 462 g/mol. The zero-order valence-corrected chi connectivity index (χ0v) is 19.1. The maximum Gasteiger partial charge on any atom is 0.416 e. The fourth-order valence-electron chi connectivity index (χ4n) is 5.01. The summed E-state index contributed by atoms with van der Waals surface area (Å²) >= 11 is 0. The fourth-order valence-corrected chi connectivity index (χ4v) is 5.01. The molecular formula is C26H25F4N3O2. The molecule has 2 atom stereocenters. The molecule has 0 spiro atoms. The summed E-state index contributed by atoms with van der Waals surface area (Å²) in [7, 11) is 0. The maximum atomic E-state index is 14.3. The highest BCUT2D eigenvalue weighted by atomic mass is 19.4. The summed E-state index contributed by atoms with van der Waals surface area (Å²) in [5.41, 5.74) is 2.39. The monoisotopic (exact) mass is 487 g/mol. The van der Waals surface area contributed by atoms with Gasteiger partial charge in [-0.25, -0.2) is 4.39 Å². The number of hydrogen-bond donors (Lipinski definition) is 2. The predicted octanol–water partition coefficient (Wildman–Crippen LogP) is 5.15. The van der Waals surface area contributed by atoms with Crippen molar-refractivity contribution in [3.8, 4) is 28.0 Å². The number of rotatable bonds is 3. The van der Waals surface area contributed by atoms with Crippen molar-refractivity contribution >= 4 is 5.69 Å². The van der Waals surface area contributed by atoms with Crippen LogP contribution in [0.4, 0.5) is 23.2 Å². The molecule has 5 nitrogen and oxygen atoms in total. The number of nitrogens with one attached hydrogen (secondary N) is 1. The molecule has 2 aromatic carbocycles. The predicted molar refractivity (Wildman–Crippen MR) is 125 cm³/mol. The second-order valence-corrected chi connectivity index (χ2v) is 9.03. The summed E-state index contributed by atoms with van der Waals surface area (Å²) in [6.07, 6.45) is -0.695. The molecule has 3 heterocycles. The standard InChI is InChI=1S/C26H25F4N3O2/c1-15-8-16(10-18(27)9-15)20-12-31-13-21(19-3-2-17(11-23(19)34)26(28,29)30)25(20)33-6-4-22-24(14-33)35-7-5-32-22/h2-3,8-13,22,24,32,34H,4-7,14H2,1H3. The van der Waals surface area contributed by atoms with Crippen molar-refractivity contribution in [2.24, 2.45) is 0 Å². The van der Waals surface area contributed by atoms with Crippen molar-refractivity contribution in [2.45, 2.75) is 31.7 Å². The van der Waals surface area contributed by atoms with E-state index in [1.54, 1.807) is 13.1 Å². The second kappa shape index (κ2) is 9.13. The average molecular weight is 487 g/mol. The molecule has 2 fully saturated rings. The lowest BCUT2D eigenvalue weighted by atomic mass is 9.93. The summed E-state index contributed by atoms with van der Waals surface area (Å²) in [6.45, 7) is 4.36. The first-order valence-electron chi connectivity index (χ1n) is 11.5. The second-order valence-electron chi connectivity index (χ2n) is 9.03. The van der Waals surface area contributed by atoms with Gasteiger partial charge in [0.2, 0.25) is 0 Å².